The Hall–Kier alpha value is -0.160. The van der Waals surface area contributed by atoms with E-state index in [1.54, 1.807) is 0 Å². The van der Waals surface area contributed by atoms with Crippen LogP contribution < -0.4 is 10.6 Å². The van der Waals surface area contributed by atoms with Gasteiger partial charge in [0.15, 0.2) is 0 Å². The summed E-state index contributed by atoms with van der Waals surface area (Å²) in [5, 5.41) is 6.99. The summed E-state index contributed by atoms with van der Waals surface area (Å²) in [6.07, 6.45) is 3.55. The molecule has 0 spiro atoms. The van der Waals surface area contributed by atoms with Crippen LogP contribution in [0, 0.1) is 5.92 Å². The third-order valence-corrected chi connectivity index (χ3v) is 3.74. The van der Waals surface area contributed by atoms with Crippen molar-refractivity contribution in [3.05, 3.63) is 0 Å². The molecule has 0 aromatic rings. The van der Waals surface area contributed by atoms with E-state index in [9.17, 15) is 0 Å². The maximum Gasteiger partial charge on any atom is 0.0620 e. The fraction of sp³-hybridized carbons (Fsp3) is 1.00. The highest BCUT2D eigenvalue weighted by atomic mass is 16.5. The second kappa shape index (κ2) is 6.55. The Morgan fingerprint density at radius 1 is 1.25 bits per heavy atom. The molecule has 16 heavy (non-hydrogen) atoms. The fourth-order valence-corrected chi connectivity index (χ4v) is 2.74. The number of hydrogen-bond donors (Lipinski definition) is 2. The number of ether oxygens (including phenoxy) is 2. The lowest BCUT2D eigenvalue weighted by Crippen LogP contribution is -2.47. The van der Waals surface area contributed by atoms with Gasteiger partial charge in [0.25, 0.3) is 0 Å². The zero-order valence-electron chi connectivity index (χ0n) is 10.2. The molecule has 2 aliphatic heterocycles. The lowest BCUT2D eigenvalue weighted by atomic mass is 9.87. The first-order valence-corrected chi connectivity index (χ1v) is 6.46. The second-order valence-corrected chi connectivity index (χ2v) is 4.81. The minimum atomic E-state index is 0.522. The van der Waals surface area contributed by atoms with Crippen molar-refractivity contribution in [3.8, 4) is 0 Å². The SMILES string of the molecule is CNC(CC1COCCN1)C1CCOCC1. The van der Waals surface area contributed by atoms with E-state index in [4.69, 9.17) is 9.47 Å². The van der Waals surface area contributed by atoms with Crippen molar-refractivity contribution in [1.82, 2.24) is 10.6 Å². The quantitative estimate of drug-likeness (QED) is 0.730. The van der Waals surface area contributed by atoms with Crippen molar-refractivity contribution in [2.75, 3.05) is 40.0 Å². The average Bonchev–Trinajstić information content (AvgIpc) is 2.38. The van der Waals surface area contributed by atoms with Crippen LogP contribution in [0.25, 0.3) is 0 Å². The van der Waals surface area contributed by atoms with Gasteiger partial charge in [-0.3, -0.25) is 0 Å². The standard InChI is InChI=1S/C12H24N2O2/c1-13-12(10-2-5-15-6-3-10)8-11-9-16-7-4-14-11/h10-14H,2-9H2,1H3. The molecule has 2 atom stereocenters. The first kappa shape index (κ1) is 12.3. The van der Waals surface area contributed by atoms with Gasteiger partial charge >= 0.3 is 0 Å². The molecular formula is C12H24N2O2. The summed E-state index contributed by atoms with van der Waals surface area (Å²) in [4.78, 5) is 0. The smallest absolute Gasteiger partial charge is 0.0620 e. The largest absolute Gasteiger partial charge is 0.381 e. The lowest BCUT2D eigenvalue weighted by Gasteiger charge is -2.34. The molecule has 2 N–H and O–H groups in total. The molecular weight excluding hydrogens is 204 g/mol. The summed E-state index contributed by atoms with van der Waals surface area (Å²) in [7, 11) is 2.07. The van der Waals surface area contributed by atoms with Crippen LogP contribution in [-0.4, -0.2) is 52.1 Å². The molecule has 94 valence electrons. The van der Waals surface area contributed by atoms with Crippen molar-refractivity contribution >= 4 is 0 Å². The third kappa shape index (κ3) is 3.42. The summed E-state index contributed by atoms with van der Waals surface area (Å²) >= 11 is 0. The number of morpholine rings is 1. The molecule has 2 unspecified atom stereocenters. The molecule has 0 aromatic heterocycles. The zero-order chi connectivity index (χ0) is 11.2. The predicted molar refractivity (Wildman–Crippen MR) is 63.6 cm³/mol. The Balaban J connectivity index is 1.78. The molecule has 4 nitrogen and oxygen atoms in total. The molecule has 2 saturated heterocycles. The van der Waals surface area contributed by atoms with E-state index in [-0.39, 0.29) is 0 Å². The van der Waals surface area contributed by atoms with Gasteiger partial charge in [-0.25, -0.2) is 0 Å². The first-order valence-electron chi connectivity index (χ1n) is 6.46. The van der Waals surface area contributed by atoms with Crippen LogP contribution in [0.15, 0.2) is 0 Å². The van der Waals surface area contributed by atoms with Gasteiger partial charge in [0.2, 0.25) is 0 Å². The first-order chi connectivity index (χ1) is 7.90. The monoisotopic (exact) mass is 228 g/mol. The van der Waals surface area contributed by atoms with Crippen molar-refractivity contribution in [2.24, 2.45) is 5.92 Å². The molecule has 2 heterocycles. The van der Waals surface area contributed by atoms with Gasteiger partial charge in [0.1, 0.15) is 0 Å². The Labute approximate surface area is 98.1 Å². The maximum atomic E-state index is 5.50. The van der Waals surface area contributed by atoms with E-state index >= 15 is 0 Å². The molecule has 0 radical (unpaired) electrons. The molecule has 0 aromatic carbocycles. The van der Waals surface area contributed by atoms with Gasteiger partial charge in [-0.15, -0.1) is 0 Å². The van der Waals surface area contributed by atoms with Crippen molar-refractivity contribution in [3.63, 3.8) is 0 Å². The van der Waals surface area contributed by atoms with Crippen LogP contribution in [0.5, 0.6) is 0 Å². The van der Waals surface area contributed by atoms with E-state index in [1.165, 1.54) is 19.3 Å². The molecule has 2 rings (SSSR count). The van der Waals surface area contributed by atoms with Crippen LogP contribution in [0.1, 0.15) is 19.3 Å². The second-order valence-electron chi connectivity index (χ2n) is 4.81. The normalized spacial score (nSPS) is 30.2. The maximum absolute atomic E-state index is 5.50. The summed E-state index contributed by atoms with van der Waals surface area (Å²) in [6.45, 7) is 4.57. The number of rotatable bonds is 4. The number of hydrogen-bond acceptors (Lipinski definition) is 4. The van der Waals surface area contributed by atoms with E-state index in [2.05, 4.69) is 17.7 Å². The zero-order valence-corrected chi connectivity index (χ0v) is 10.2. The van der Waals surface area contributed by atoms with Crippen LogP contribution in [0.3, 0.4) is 0 Å². The Morgan fingerprint density at radius 3 is 2.69 bits per heavy atom. The van der Waals surface area contributed by atoms with Crippen LogP contribution in [0.2, 0.25) is 0 Å². The van der Waals surface area contributed by atoms with Gasteiger partial charge < -0.3 is 20.1 Å². The van der Waals surface area contributed by atoms with Crippen LogP contribution in [-0.2, 0) is 9.47 Å². The van der Waals surface area contributed by atoms with Crippen molar-refractivity contribution in [1.29, 1.82) is 0 Å². The highest BCUT2D eigenvalue weighted by molar-refractivity contribution is 4.83. The van der Waals surface area contributed by atoms with E-state index < -0.39 is 0 Å². The molecule has 0 saturated carbocycles. The molecule has 4 heteroatoms. The molecule has 0 aliphatic carbocycles. The lowest BCUT2D eigenvalue weighted by molar-refractivity contribution is 0.0404. The van der Waals surface area contributed by atoms with Crippen molar-refractivity contribution in [2.45, 2.75) is 31.3 Å². The van der Waals surface area contributed by atoms with Crippen molar-refractivity contribution < 1.29 is 9.47 Å². The van der Waals surface area contributed by atoms with E-state index in [0.717, 1.165) is 38.9 Å². The Bertz CT molecular complexity index is 189. The molecule has 2 fully saturated rings. The average molecular weight is 228 g/mol. The van der Waals surface area contributed by atoms with Gasteiger partial charge in [-0.1, -0.05) is 0 Å². The highest BCUT2D eigenvalue weighted by Crippen LogP contribution is 2.22. The topological polar surface area (TPSA) is 42.5 Å². The molecule has 0 amide bonds. The van der Waals surface area contributed by atoms with Gasteiger partial charge in [0.05, 0.1) is 13.2 Å². The van der Waals surface area contributed by atoms with Crippen LogP contribution in [0.4, 0.5) is 0 Å². The Kier molecular flexibility index (Phi) is 5.03. The van der Waals surface area contributed by atoms with Gasteiger partial charge in [0, 0.05) is 31.8 Å². The van der Waals surface area contributed by atoms with Gasteiger partial charge in [-0.05, 0) is 32.2 Å². The summed E-state index contributed by atoms with van der Waals surface area (Å²) in [5.41, 5.74) is 0. The third-order valence-electron chi connectivity index (χ3n) is 3.74. The summed E-state index contributed by atoms with van der Waals surface area (Å²) in [6, 6.07) is 1.12. The molecule has 0 bridgehead atoms. The highest BCUT2D eigenvalue weighted by Gasteiger charge is 2.26. The van der Waals surface area contributed by atoms with Gasteiger partial charge in [-0.2, -0.15) is 0 Å². The van der Waals surface area contributed by atoms with E-state index in [0.29, 0.717) is 12.1 Å². The minimum Gasteiger partial charge on any atom is -0.381 e. The van der Waals surface area contributed by atoms with Crippen LogP contribution >= 0.6 is 0 Å². The van der Waals surface area contributed by atoms with E-state index in [1.807, 2.05) is 0 Å². The predicted octanol–water partition coefficient (Wildman–Crippen LogP) is 0.379. The summed E-state index contributed by atoms with van der Waals surface area (Å²) < 4.78 is 10.9. The molecule has 2 aliphatic rings. The number of nitrogens with one attached hydrogen (secondary N) is 2. The fourth-order valence-electron chi connectivity index (χ4n) is 2.74. The minimum absolute atomic E-state index is 0.522. The summed E-state index contributed by atoms with van der Waals surface area (Å²) in [5.74, 6) is 0.766. The Morgan fingerprint density at radius 2 is 2.06 bits per heavy atom.